The van der Waals surface area contributed by atoms with Crippen molar-refractivity contribution in [3.63, 3.8) is 0 Å². The number of ether oxygens (including phenoxy) is 1. The van der Waals surface area contributed by atoms with Crippen LogP contribution in [0.2, 0.25) is 5.02 Å². The van der Waals surface area contributed by atoms with Gasteiger partial charge in [-0.2, -0.15) is 5.10 Å². The standard InChI is InChI=1S/C20H18ClN3O3/c1-26-17-8-6-16(7-9-17)22-13-20(25)24-23-12-18-10-11-19(27-18)14-2-4-15(21)5-3-14/h2-12,22H,13H2,1H3,(H,24,25)/b23-12-. The van der Waals surface area contributed by atoms with Crippen molar-refractivity contribution < 1.29 is 13.9 Å². The van der Waals surface area contributed by atoms with Crippen molar-refractivity contribution >= 4 is 29.4 Å². The smallest absolute Gasteiger partial charge is 0.259 e. The Bertz CT molecular complexity index is 918. The van der Waals surface area contributed by atoms with Crippen molar-refractivity contribution in [3.8, 4) is 17.1 Å². The number of carbonyl (C=O) groups excluding carboxylic acids is 1. The third-order valence-corrected chi connectivity index (χ3v) is 3.93. The predicted octanol–water partition coefficient (Wildman–Crippen LogP) is 4.17. The molecule has 0 aliphatic carbocycles. The SMILES string of the molecule is COc1ccc(NCC(=O)N/N=C\c2ccc(-c3ccc(Cl)cc3)o2)cc1. The lowest BCUT2D eigenvalue weighted by Crippen LogP contribution is -2.25. The molecule has 7 heteroatoms. The maximum atomic E-state index is 11.8. The molecule has 27 heavy (non-hydrogen) atoms. The lowest BCUT2D eigenvalue weighted by molar-refractivity contribution is -0.119. The van der Waals surface area contributed by atoms with Crippen LogP contribution in [0.4, 0.5) is 5.69 Å². The molecular weight excluding hydrogens is 366 g/mol. The molecule has 0 fully saturated rings. The summed E-state index contributed by atoms with van der Waals surface area (Å²) in [6.45, 7) is 0.0951. The first-order valence-electron chi connectivity index (χ1n) is 8.19. The summed E-state index contributed by atoms with van der Waals surface area (Å²) in [7, 11) is 1.60. The summed E-state index contributed by atoms with van der Waals surface area (Å²) in [4.78, 5) is 11.8. The van der Waals surface area contributed by atoms with Gasteiger partial charge in [0.2, 0.25) is 0 Å². The average Bonchev–Trinajstić information content (AvgIpc) is 3.16. The average molecular weight is 384 g/mol. The monoisotopic (exact) mass is 383 g/mol. The maximum absolute atomic E-state index is 11.8. The molecule has 0 aliphatic heterocycles. The van der Waals surface area contributed by atoms with E-state index in [9.17, 15) is 4.79 Å². The molecule has 1 aromatic heterocycles. The second-order valence-electron chi connectivity index (χ2n) is 5.58. The topological polar surface area (TPSA) is 75.9 Å². The Hall–Kier alpha value is -3.25. The van der Waals surface area contributed by atoms with Gasteiger partial charge in [0.05, 0.1) is 19.9 Å². The third kappa shape index (κ3) is 5.36. The zero-order valence-electron chi connectivity index (χ0n) is 14.6. The van der Waals surface area contributed by atoms with E-state index < -0.39 is 0 Å². The fourth-order valence-electron chi connectivity index (χ4n) is 2.29. The van der Waals surface area contributed by atoms with E-state index >= 15 is 0 Å². The molecule has 0 aliphatic rings. The molecule has 0 saturated carbocycles. The summed E-state index contributed by atoms with van der Waals surface area (Å²) >= 11 is 5.88. The van der Waals surface area contributed by atoms with Gasteiger partial charge in [0.15, 0.2) is 0 Å². The maximum Gasteiger partial charge on any atom is 0.259 e. The van der Waals surface area contributed by atoms with Crippen LogP contribution in [-0.2, 0) is 4.79 Å². The van der Waals surface area contributed by atoms with Gasteiger partial charge in [0.1, 0.15) is 17.3 Å². The highest BCUT2D eigenvalue weighted by molar-refractivity contribution is 6.30. The van der Waals surface area contributed by atoms with Crippen LogP contribution in [0.5, 0.6) is 5.75 Å². The molecular formula is C20H18ClN3O3. The minimum atomic E-state index is -0.272. The molecule has 0 saturated heterocycles. The number of benzene rings is 2. The van der Waals surface area contributed by atoms with Crippen LogP contribution >= 0.6 is 11.6 Å². The van der Waals surface area contributed by atoms with Gasteiger partial charge < -0.3 is 14.5 Å². The van der Waals surface area contributed by atoms with E-state index in [2.05, 4.69) is 15.8 Å². The number of furan rings is 1. The number of halogens is 1. The van der Waals surface area contributed by atoms with Gasteiger partial charge in [-0.1, -0.05) is 11.6 Å². The number of hydrazone groups is 1. The van der Waals surface area contributed by atoms with Crippen LogP contribution in [0, 0.1) is 0 Å². The van der Waals surface area contributed by atoms with Gasteiger partial charge in [-0.25, -0.2) is 5.43 Å². The van der Waals surface area contributed by atoms with Crippen LogP contribution in [0.25, 0.3) is 11.3 Å². The van der Waals surface area contributed by atoms with Crippen LogP contribution in [-0.4, -0.2) is 25.8 Å². The molecule has 3 rings (SSSR count). The predicted molar refractivity (Wildman–Crippen MR) is 106 cm³/mol. The highest BCUT2D eigenvalue weighted by Crippen LogP contribution is 2.23. The normalized spacial score (nSPS) is 10.7. The van der Waals surface area contributed by atoms with E-state index in [-0.39, 0.29) is 12.5 Å². The van der Waals surface area contributed by atoms with E-state index in [1.165, 1.54) is 6.21 Å². The first kappa shape index (κ1) is 18.5. The summed E-state index contributed by atoms with van der Waals surface area (Å²) in [6, 6.07) is 18.2. The van der Waals surface area contributed by atoms with Crippen molar-refractivity contribution in [2.75, 3.05) is 19.0 Å². The molecule has 1 heterocycles. The van der Waals surface area contributed by atoms with E-state index in [0.29, 0.717) is 16.5 Å². The summed E-state index contributed by atoms with van der Waals surface area (Å²) in [5.41, 5.74) is 4.17. The molecule has 3 aromatic rings. The molecule has 0 atom stereocenters. The summed E-state index contributed by atoms with van der Waals surface area (Å²) < 4.78 is 10.8. The lowest BCUT2D eigenvalue weighted by atomic mass is 10.2. The van der Waals surface area contributed by atoms with Crippen molar-refractivity contribution in [3.05, 3.63) is 71.4 Å². The van der Waals surface area contributed by atoms with Crippen molar-refractivity contribution in [2.45, 2.75) is 0 Å². The molecule has 138 valence electrons. The zero-order chi connectivity index (χ0) is 19.1. The third-order valence-electron chi connectivity index (χ3n) is 3.68. The van der Waals surface area contributed by atoms with E-state index in [4.69, 9.17) is 20.8 Å². The summed E-state index contributed by atoms with van der Waals surface area (Å²) in [5.74, 6) is 1.71. The molecule has 1 amide bonds. The number of hydrogen-bond donors (Lipinski definition) is 2. The van der Waals surface area contributed by atoms with Gasteiger partial charge >= 0.3 is 0 Å². The number of carbonyl (C=O) groups is 1. The second-order valence-corrected chi connectivity index (χ2v) is 6.02. The zero-order valence-corrected chi connectivity index (χ0v) is 15.4. The number of hydrogen-bond acceptors (Lipinski definition) is 5. The fourth-order valence-corrected chi connectivity index (χ4v) is 2.42. The largest absolute Gasteiger partial charge is 0.497 e. The van der Waals surface area contributed by atoms with Crippen LogP contribution < -0.4 is 15.5 Å². The molecule has 2 aromatic carbocycles. The van der Waals surface area contributed by atoms with Crippen LogP contribution in [0.1, 0.15) is 5.76 Å². The Morgan fingerprint density at radius 2 is 1.85 bits per heavy atom. The number of rotatable bonds is 7. The number of nitrogens with one attached hydrogen (secondary N) is 2. The summed E-state index contributed by atoms with van der Waals surface area (Å²) in [6.07, 6.45) is 1.45. The van der Waals surface area contributed by atoms with Crippen molar-refractivity contribution in [1.29, 1.82) is 0 Å². The Morgan fingerprint density at radius 1 is 1.11 bits per heavy atom. The highest BCUT2D eigenvalue weighted by Gasteiger charge is 2.04. The number of methoxy groups -OCH3 is 1. The van der Waals surface area contributed by atoms with Gasteiger partial charge in [-0.15, -0.1) is 0 Å². The minimum absolute atomic E-state index is 0.0951. The van der Waals surface area contributed by atoms with Crippen LogP contribution in [0.15, 0.2) is 70.2 Å². The number of anilines is 1. The molecule has 0 radical (unpaired) electrons. The number of amides is 1. The summed E-state index contributed by atoms with van der Waals surface area (Å²) in [5, 5.41) is 7.57. The van der Waals surface area contributed by atoms with Gasteiger partial charge in [0.25, 0.3) is 5.91 Å². The van der Waals surface area contributed by atoms with E-state index in [1.54, 1.807) is 25.3 Å². The van der Waals surface area contributed by atoms with Crippen molar-refractivity contribution in [2.24, 2.45) is 5.10 Å². The lowest BCUT2D eigenvalue weighted by Gasteiger charge is -2.06. The molecule has 6 nitrogen and oxygen atoms in total. The fraction of sp³-hybridized carbons (Fsp3) is 0.100. The Kier molecular flexibility index (Phi) is 6.12. The Morgan fingerprint density at radius 3 is 2.56 bits per heavy atom. The molecule has 0 unspecified atom stereocenters. The molecule has 0 spiro atoms. The first-order chi connectivity index (χ1) is 13.1. The van der Waals surface area contributed by atoms with Crippen molar-refractivity contribution in [1.82, 2.24) is 5.43 Å². The minimum Gasteiger partial charge on any atom is -0.497 e. The quantitative estimate of drug-likeness (QED) is 0.474. The molecule has 0 bridgehead atoms. The Balaban J connectivity index is 1.48. The van der Waals surface area contributed by atoms with Crippen LogP contribution in [0.3, 0.4) is 0 Å². The van der Waals surface area contributed by atoms with E-state index in [1.807, 2.05) is 42.5 Å². The van der Waals surface area contributed by atoms with Gasteiger partial charge in [-0.3, -0.25) is 4.79 Å². The molecule has 2 N–H and O–H groups in total. The van der Waals surface area contributed by atoms with Gasteiger partial charge in [-0.05, 0) is 60.7 Å². The highest BCUT2D eigenvalue weighted by atomic mass is 35.5. The van der Waals surface area contributed by atoms with E-state index in [0.717, 1.165) is 17.0 Å². The van der Waals surface area contributed by atoms with Gasteiger partial charge in [0, 0.05) is 16.3 Å². The first-order valence-corrected chi connectivity index (χ1v) is 8.57. The number of nitrogens with zero attached hydrogens (tertiary/aromatic N) is 1. The second kappa shape index (κ2) is 8.91. The Labute approximate surface area is 161 Å².